The fourth-order valence-electron chi connectivity index (χ4n) is 2.55. The van der Waals surface area contributed by atoms with Crippen LogP contribution in [0, 0.1) is 0 Å². The van der Waals surface area contributed by atoms with Crippen LogP contribution in [0.3, 0.4) is 0 Å². The molecule has 2 N–H and O–H groups in total. The zero-order valence-corrected chi connectivity index (χ0v) is 16.1. The van der Waals surface area contributed by atoms with Crippen molar-refractivity contribution in [2.24, 2.45) is 0 Å². The van der Waals surface area contributed by atoms with E-state index in [1.807, 2.05) is 48.5 Å². The summed E-state index contributed by atoms with van der Waals surface area (Å²) >= 11 is 3.39. The molecule has 1 unspecified atom stereocenters. The molecular weight excluding hydrogens is 412 g/mol. The van der Waals surface area contributed by atoms with E-state index in [1.54, 1.807) is 6.20 Å². The number of anilines is 1. The lowest BCUT2D eigenvalue weighted by atomic mass is 10.1. The van der Waals surface area contributed by atoms with Crippen LogP contribution in [0.15, 0.2) is 59.2 Å². The monoisotopic (exact) mass is 428 g/mol. The second-order valence-corrected chi connectivity index (χ2v) is 6.68. The van der Waals surface area contributed by atoms with Crippen LogP contribution in [0.2, 0.25) is 0 Å². The summed E-state index contributed by atoms with van der Waals surface area (Å²) in [5, 5.41) is 6.00. The Balaban J connectivity index is 1.70. The summed E-state index contributed by atoms with van der Waals surface area (Å²) < 4.78 is 5.70. The number of benzene rings is 2. The fraction of sp³-hybridized carbons (Fsp3) is 0.158. The molecule has 0 radical (unpaired) electrons. The summed E-state index contributed by atoms with van der Waals surface area (Å²) in [6.45, 7) is 0. The molecule has 3 rings (SSSR count). The zero-order chi connectivity index (χ0) is 19.2. The highest BCUT2D eigenvalue weighted by Gasteiger charge is 2.22. The third kappa shape index (κ3) is 5.01. The fourth-order valence-corrected chi connectivity index (χ4v) is 2.92. The summed E-state index contributed by atoms with van der Waals surface area (Å²) in [6, 6.07) is 13.5. The number of urea groups is 1. The second kappa shape index (κ2) is 8.59. The first-order chi connectivity index (χ1) is 13.0. The number of hydrogen-bond acceptors (Lipinski definition) is 5. The minimum absolute atomic E-state index is 0.144. The van der Waals surface area contributed by atoms with Crippen LogP contribution in [0.5, 0.6) is 0 Å². The number of rotatable bonds is 5. The molecule has 7 nitrogen and oxygen atoms in total. The molecule has 0 bridgehead atoms. The van der Waals surface area contributed by atoms with Crippen molar-refractivity contribution in [1.82, 2.24) is 15.3 Å². The van der Waals surface area contributed by atoms with Crippen molar-refractivity contribution in [2.45, 2.75) is 12.5 Å². The van der Waals surface area contributed by atoms with E-state index >= 15 is 0 Å². The number of amides is 2. The van der Waals surface area contributed by atoms with Gasteiger partial charge in [0.05, 0.1) is 12.6 Å². The van der Waals surface area contributed by atoms with Gasteiger partial charge in [-0.05, 0) is 23.8 Å². The van der Waals surface area contributed by atoms with Crippen molar-refractivity contribution in [2.75, 3.05) is 12.4 Å². The van der Waals surface area contributed by atoms with E-state index in [4.69, 9.17) is 4.74 Å². The lowest BCUT2D eigenvalue weighted by Crippen LogP contribution is -2.45. The van der Waals surface area contributed by atoms with Crippen molar-refractivity contribution >= 4 is 44.8 Å². The van der Waals surface area contributed by atoms with Crippen LogP contribution < -0.4 is 10.6 Å². The number of halogens is 1. The molecular formula is C19H17BrN4O3. The minimum Gasteiger partial charge on any atom is -0.467 e. The van der Waals surface area contributed by atoms with Crippen LogP contribution in [0.4, 0.5) is 10.7 Å². The Morgan fingerprint density at radius 3 is 2.70 bits per heavy atom. The normalized spacial score (nSPS) is 11.6. The third-order valence-corrected chi connectivity index (χ3v) is 4.33. The Kier molecular flexibility index (Phi) is 5.97. The summed E-state index contributed by atoms with van der Waals surface area (Å²) in [6.07, 6.45) is 1.93. The number of esters is 1. The van der Waals surface area contributed by atoms with Gasteiger partial charge in [-0.3, -0.25) is 5.32 Å². The van der Waals surface area contributed by atoms with E-state index in [2.05, 4.69) is 36.5 Å². The standard InChI is InChI=1S/C19H17BrN4O3/c1-27-17(25)16(9-12-5-3-2-4-6-12)23-19(26)24-18-21-11-13-10-14(20)7-8-15(13)22-18/h2-8,10-11,16H,9H2,1H3,(H2,21,22,23,24,26). The number of nitrogens with zero attached hydrogens (tertiary/aromatic N) is 2. The first-order valence-corrected chi connectivity index (χ1v) is 8.96. The largest absolute Gasteiger partial charge is 0.467 e. The van der Waals surface area contributed by atoms with E-state index in [-0.39, 0.29) is 5.95 Å². The van der Waals surface area contributed by atoms with Crippen molar-refractivity contribution in [3.8, 4) is 0 Å². The molecule has 0 fully saturated rings. The minimum atomic E-state index is -0.825. The molecule has 0 aliphatic rings. The topological polar surface area (TPSA) is 93.2 Å². The molecule has 2 amide bonds. The predicted octanol–water partition coefficient (Wildman–Crippen LogP) is 3.30. The SMILES string of the molecule is COC(=O)C(Cc1ccccc1)NC(=O)Nc1ncc2cc(Br)ccc2n1. The van der Waals surface area contributed by atoms with Crippen LogP contribution >= 0.6 is 15.9 Å². The number of nitrogens with one attached hydrogen (secondary N) is 2. The first-order valence-electron chi connectivity index (χ1n) is 8.17. The maximum atomic E-state index is 12.3. The van der Waals surface area contributed by atoms with Gasteiger partial charge in [-0.2, -0.15) is 0 Å². The molecule has 1 heterocycles. The molecule has 0 aliphatic heterocycles. The van der Waals surface area contributed by atoms with Crippen LogP contribution in [-0.4, -0.2) is 35.1 Å². The smallest absolute Gasteiger partial charge is 0.328 e. The number of aromatic nitrogens is 2. The Labute approximate surface area is 164 Å². The predicted molar refractivity (Wildman–Crippen MR) is 105 cm³/mol. The van der Waals surface area contributed by atoms with Crippen LogP contribution in [0.1, 0.15) is 5.56 Å². The van der Waals surface area contributed by atoms with Crippen LogP contribution in [-0.2, 0) is 16.0 Å². The Morgan fingerprint density at radius 1 is 1.19 bits per heavy atom. The molecule has 1 atom stereocenters. The van der Waals surface area contributed by atoms with Crippen molar-refractivity contribution in [1.29, 1.82) is 0 Å². The number of fused-ring (bicyclic) bond motifs is 1. The Bertz CT molecular complexity index is 966. The van der Waals surface area contributed by atoms with E-state index in [0.29, 0.717) is 11.9 Å². The van der Waals surface area contributed by atoms with E-state index in [1.165, 1.54) is 7.11 Å². The number of carbonyl (C=O) groups excluding carboxylic acids is 2. The molecule has 27 heavy (non-hydrogen) atoms. The van der Waals surface area contributed by atoms with Crippen molar-refractivity contribution in [3.05, 3.63) is 64.8 Å². The maximum absolute atomic E-state index is 12.3. The van der Waals surface area contributed by atoms with Gasteiger partial charge in [0.15, 0.2) is 0 Å². The summed E-state index contributed by atoms with van der Waals surface area (Å²) in [5.41, 5.74) is 1.60. The molecule has 1 aromatic heterocycles. The van der Waals surface area contributed by atoms with Crippen LogP contribution in [0.25, 0.3) is 10.9 Å². The summed E-state index contributed by atoms with van der Waals surface area (Å²) in [5.74, 6) is -0.385. The van der Waals surface area contributed by atoms with Crippen molar-refractivity contribution in [3.63, 3.8) is 0 Å². The van der Waals surface area contributed by atoms with E-state index < -0.39 is 18.0 Å². The zero-order valence-electron chi connectivity index (χ0n) is 14.5. The van der Waals surface area contributed by atoms with Gasteiger partial charge in [-0.25, -0.2) is 19.6 Å². The second-order valence-electron chi connectivity index (χ2n) is 5.76. The number of hydrogen-bond donors (Lipinski definition) is 2. The van der Waals surface area contributed by atoms with Gasteiger partial charge >= 0.3 is 12.0 Å². The molecule has 2 aromatic carbocycles. The lowest BCUT2D eigenvalue weighted by Gasteiger charge is -2.16. The maximum Gasteiger partial charge on any atom is 0.328 e. The molecule has 0 aliphatic carbocycles. The van der Waals surface area contributed by atoms with Gasteiger partial charge in [0.25, 0.3) is 0 Å². The molecule has 3 aromatic rings. The van der Waals surface area contributed by atoms with E-state index in [9.17, 15) is 9.59 Å². The number of carbonyl (C=O) groups is 2. The average Bonchev–Trinajstić information content (AvgIpc) is 2.67. The molecule has 0 spiro atoms. The van der Waals surface area contributed by atoms with Gasteiger partial charge in [0.2, 0.25) is 5.95 Å². The summed E-state index contributed by atoms with van der Waals surface area (Å²) in [4.78, 5) is 32.7. The van der Waals surface area contributed by atoms with Gasteiger partial charge in [-0.1, -0.05) is 46.3 Å². The number of ether oxygens (including phenoxy) is 1. The average molecular weight is 429 g/mol. The van der Waals surface area contributed by atoms with Gasteiger partial charge < -0.3 is 10.1 Å². The Morgan fingerprint density at radius 2 is 1.96 bits per heavy atom. The highest BCUT2D eigenvalue weighted by Crippen LogP contribution is 2.18. The first kappa shape index (κ1) is 18.8. The third-order valence-electron chi connectivity index (χ3n) is 3.84. The summed E-state index contributed by atoms with van der Waals surface area (Å²) in [7, 11) is 1.28. The molecule has 0 saturated heterocycles. The van der Waals surface area contributed by atoms with Crippen molar-refractivity contribution < 1.29 is 14.3 Å². The van der Waals surface area contributed by atoms with Gasteiger partial charge in [-0.15, -0.1) is 0 Å². The number of methoxy groups -OCH3 is 1. The van der Waals surface area contributed by atoms with E-state index in [0.717, 1.165) is 15.4 Å². The lowest BCUT2D eigenvalue weighted by molar-refractivity contribution is -0.142. The molecule has 8 heteroatoms. The molecule has 138 valence electrons. The quantitative estimate of drug-likeness (QED) is 0.608. The highest BCUT2D eigenvalue weighted by atomic mass is 79.9. The van der Waals surface area contributed by atoms with Gasteiger partial charge in [0, 0.05) is 22.5 Å². The highest BCUT2D eigenvalue weighted by molar-refractivity contribution is 9.10. The molecule has 0 saturated carbocycles. The Hall–Kier alpha value is -3.00. The van der Waals surface area contributed by atoms with Gasteiger partial charge in [0.1, 0.15) is 6.04 Å².